The van der Waals surface area contributed by atoms with E-state index in [1.165, 1.54) is 51.4 Å². The highest BCUT2D eigenvalue weighted by atomic mass is 16.5. The number of hydrogen-bond donors (Lipinski definition) is 2. The van der Waals surface area contributed by atoms with Gasteiger partial charge in [0.25, 0.3) is 0 Å². The number of hydrogen-bond acceptors (Lipinski definition) is 2. The fourth-order valence-electron chi connectivity index (χ4n) is 2.14. The van der Waals surface area contributed by atoms with E-state index in [2.05, 4.69) is 31.2 Å². The molecule has 0 heterocycles. The molecule has 0 amide bonds. The van der Waals surface area contributed by atoms with E-state index in [1.54, 1.807) is 0 Å². The fourth-order valence-corrected chi connectivity index (χ4v) is 2.14. The summed E-state index contributed by atoms with van der Waals surface area (Å²) in [4.78, 5) is 0. The summed E-state index contributed by atoms with van der Waals surface area (Å²) in [7, 11) is 0. The summed E-state index contributed by atoms with van der Waals surface area (Å²) >= 11 is 0. The predicted molar refractivity (Wildman–Crippen MR) is 87.6 cm³/mol. The highest BCUT2D eigenvalue weighted by Gasteiger charge is 1.96. The molecule has 0 aliphatic heterocycles. The molecule has 118 valence electrons. The van der Waals surface area contributed by atoms with E-state index in [-0.39, 0.29) is 0 Å². The topological polar surface area (TPSA) is 40.5 Å². The van der Waals surface area contributed by atoms with Crippen molar-refractivity contribution in [2.45, 2.75) is 90.3 Å². The quantitative estimate of drug-likeness (QED) is 0.264. The second kappa shape index (κ2) is 16.5. The average Bonchev–Trinajstić information content (AvgIpc) is 2.43. The van der Waals surface area contributed by atoms with Gasteiger partial charge in [0.1, 0.15) is 0 Å². The minimum absolute atomic E-state index is 0.518. The highest BCUT2D eigenvalue weighted by Crippen LogP contribution is 2.08. The molecule has 2 heteroatoms. The summed E-state index contributed by atoms with van der Waals surface area (Å²) in [6.07, 6.45) is 21.7. The van der Waals surface area contributed by atoms with Crippen LogP contribution in [-0.4, -0.2) is 16.5 Å². The Morgan fingerprint density at radius 2 is 1.25 bits per heavy atom. The first-order valence-electron chi connectivity index (χ1n) is 8.43. The van der Waals surface area contributed by atoms with Crippen molar-refractivity contribution in [1.82, 2.24) is 0 Å². The summed E-state index contributed by atoms with van der Waals surface area (Å²) in [5.41, 5.74) is 0. The van der Waals surface area contributed by atoms with Crippen molar-refractivity contribution >= 4 is 0 Å². The summed E-state index contributed by atoms with van der Waals surface area (Å²) in [6, 6.07) is 0. The van der Waals surface area contributed by atoms with Gasteiger partial charge < -0.3 is 10.2 Å². The third kappa shape index (κ3) is 17.4. The van der Waals surface area contributed by atoms with Crippen molar-refractivity contribution in [2.24, 2.45) is 0 Å². The summed E-state index contributed by atoms with van der Waals surface area (Å²) in [5, 5.41) is 17.4. The van der Waals surface area contributed by atoms with Crippen molar-refractivity contribution < 1.29 is 10.2 Å². The highest BCUT2D eigenvalue weighted by molar-refractivity contribution is 4.92. The molecule has 0 radical (unpaired) electrons. The van der Waals surface area contributed by atoms with Crippen LogP contribution in [0.3, 0.4) is 0 Å². The summed E-state index contributed by atoms with van der Waals surface area (Å²) in [6.45, 7) is 2.24. The van der Waals surface area contributed by atoms with Crippen molar-refractivity contribution in [3.63, 3.8) is 0 Å². The SMILES string of the molecule is CCCCC/C=C/C/C=C/CCCCCCCC(O)O. The lowest BCUT2D eigenvalue weighted by Gasteiger charge is -2.02. The van der Waals surface area contributed by atoms with Crippen LogP contribution < -0.4 is 0 Å². The average molecular weight is 282 g/mol. The molecule has 0 fully saturated rings. The van der Waals surface area contributed by atoms with Crippen molar-refractivity contribution in [2.75, 3.05) is 0 Å². The van der Waals surface area contributed by atoms with Crippen LogP contribution in [0.1, 0.15) is 84.0 Å². The van der Waals surface area contributed by atoms with Gasteiger partial charge in [-0.1, -0.05) is 63.3 Å². The Morgan fingerprint density at radius 1 is 0.700 bits per heavy atom. The molecule has 0 unspecified atom stereocenters. The second-order valence-electron chi connectivity index (χ2n) is 5.50. The summed E-state index contributed by atoms with van der Waals surface area (Å²) < 4.78 is 0. The van der Waals surface area contributed by atoms with E-state index < -0.39 is 6.29 Å². The van der Waals surface area contributed by atoms with Gasteiger partial charge in [-0.3, -0.25) is 0 Å². The van der Waals surface area contributed by atoms with Crippen LogP contribution in [0.25, 0.3) is 0 Å². The van der Waals surface area contributed by atoms with Gasteiger partial charge in [-0.15, -0.1) is 0 Å². The monoisotopic (exact) mass is 282 g/mol. The minimum Gasteiger partial charge on any atom is -0.368 e. The van der Waals surface area contributed by atoms with Gasteiger partial charge in [-0.25, -0.2) is 0 Å². The molecular weight excluding hydrogens is 248 g/mol. The van der Waals surface area contributed by atoms with Crippen LogP contribution in [0, 0.1) is 0 Å². The Kier molecular flexibility index (Phi) is 16.0. The maximum atomic E-state index is 8.70. The second-order valence-corrected chi connectivity index (χ2v) is 5.50. The number of allylic oxidation sites excluding steroid dienone is 4. The van der Waals surface area contributed by atoms with Gasteiger partial charge in [0.15, 0.2) is 6.29 Å². The maximum Gasteiger partial charge on any atom is 0.151 e. The van der Waals surface area contributed by atoms with Gasteiger partial charge >= 0.3 is 0 Å². The zero-order chi connectivity index (χ0) is 14.9. The molecule has 0 aromatic carbocycles. The number of aliphatic hydroxyl groups is 2. The largest absolute Gasteiger partial charge is 0.368 e. The van der Waals surface area contributed by atoms with E-state index in [0.29, 0.717) is 6.42 Å². The van der Waals surface area contributed by atoms with E-state index in [9.17, 15) is 0 Å². The predicted octanol–water partition coefficient (Wildman–Crippen LogP) is 5.11. The third-order valence-electron chi connectivity index (χ3n) is 3.41. The third-order valence-corrected chi connectivity index (χ3v) is 3.41. The van der Waals surface area contributed by atoms with Crippen LogP contribution in [0.15, 0.2) is 24.3 Å². The van der Waals surface area contributed by atoms with E-state index >= 15 is 0 Å². The zero-order valence-corrected chi connectivity index (χ0v) is 13.3. The number of aliphatic hydroxyl groups excluding tert-OH is 1. The van der Waals surface area contributed by atoms with Crippen LogP contribution in [-0.2, 0) is 0 Å². The Morgan fingerprint density at radius 3 is 1.85 bits per heavy atom. The van der Waals surface area contributed by atoms with E-state index in [4.69, 9.17) is 10.2 Å². The molecule has 0 aliphatic rings. The molecule has 20 heavy (non-hydrogen) atoms. The Balaban J connectivity index is 3.16. The molecule has 0 saturated carbocycles. The maximum absolute atomic E-state index is 8.70. The van der Waals surface area contributed by atoms with Gasteiger partial charge in [0.2, 0.25) is 0 Å². The number of rotatable bonds is 14. The lowest BCUT2D eigenvalue weighted by molar-refractivity contribution is -0.0466. The molecule has 0 spiro atoms. The standard InChI is InChI=1S/C18H34O2/c1-2-3-4-5-6-7-8-9-10-11-12-13-14-15-16-17-18(19)20/h6-7,9-10,18-20H,2-5,8,11-17H2,1H3/b7-6+,10-9+. The first-order chi connectivity index (χ1) is 9.77. The summed E-state index contributed by atoms with van der Waals surface area (Å²) in [5.74, 6) is 0. The molecule has 0 aromatic rings. The molecule has 0 atom stereocenters. The lowest BCUT2D eigenvalue weighted by atomic mass is 10.1. The molecular formula is C18H34O2. The smallest absolute Gasteiger partial charge is 0.151 e. The first kappa shape index (κ1) is 19.4. The fraction of sp³-hybridized carbons (Fsp3) is 0.778. The normalized spacial score (nSPS) is 12.2. The molecule has 0 rings (SSSR count). The van der Waals surface area contributed by atoms with Crippen molar-refractivity contribution in [3.8, 4) is 0 Å². The van der Waals surface area contributed by atoms with Crippen molar-refractivity contribution in [1.29, 1.82) is 0 Å². The molecule has 0 aromatic heterocycles. The Labute approximate surface area is 125 Å². The van der Waals surface area contributed by atoms with E-state index in [1.807, 2.05) is 0 Å². The van der Waals surface area contributed by atoms with Crippen LogP contribution in [0.2, 0.25) is 0 Å². The van der Waals surface area contributed by atoms with Crippen LogP contribution in [0.5, 0.6) is 0 Å². The molecule has 0 saturated heterocycles. The van der Waals surface area contributed by atoms with Crippen LogP contribution in [0.4, 0.5) is 0 Å². The first-order valence-corrected chi connectivity index (χ1v) is 8.43. The van der Waals surface area contributed by atoms with Gasteiger partial charge in [0, 0.05) is 0 Å². The zero-order valence-electron chi connectivity index (χ0n) is 13.3. The minimum atomic E-state index is -1.12. The van der Waals surface area contributed by atoms with Crippen molar-refractivity contribution in [3.05, 3.63) is 24.3 Å². The molecule has 0 aliphatic carbocycles. The Bertz CT molecular complexity index is 232. The lowest BCUT2D eigenvalue weighted by Crippen LogP contribution is -2.02. The number of unbranched alkanes of at least 4 members (excludes halogenated alkanes) is 8. The van der Waals surface area contributed by atoms with Gasteiger partial charge in [0.05, 0.1) is 0 Å². The van der Waals surface area contributed by atoms with Crippen LogP contribution >= 0.6 is 0 Å². The molecule has 0 bridgehead atoms. The Hall–Kier alpha value is -0.600. The van der Waals surface area contributed by atoms with E-state index in [0.717, 1.165) is 19.3 Å². The van der Waals surface area contributed by atoms with Gasteiger partial charge in [-0.2, -0.15) is 0 Å². The molecule has 2 N–H and O–H groups in total. The molecule has 2 nitrogen and oxygen atoms in total. The van der Waals surface area contributed by atoms with Gasteiger partial charge in [-0.05, 0) is 44.9 Å².